The molecule has 1 aliphatic heterocycles. The van der Waals surface area contributed by atoms with E-state index >= 15 is 0 Å². The number of benzene rings is 1. The van der Waals surface area contributed by atoms with Crippen LogP contribution in [0.15, 0.2) is 24.3 Å². The first-order valence-corrected chi connectivity index (χ1v) is 10.9. The summed E-state index contributed by atoms with van der Waals surface area (Å²) in [5.41, 5.74) is 2.11. The van der Waals surface area contributed by atoms with Crippen LogP contribution in [0.4, 0.5) is 10.5 Å². The van der Waals surface area contributed by atoms with E-state index in [0.29, 0.717) is 6.61 Å². The fourth-order valence-corrected chi connectivity index (χ4v) is 3.09. The normalized spacial score (nSPS) is 16.6. The third-order valence-electron chi connectivity index (χ3n) is 4.73. The molecule has 2 amide bonds. The Kier molecular flexibility index (Phi) is 4.97. The van der Waals surface area contributed by atoms with Gasteiger partial charge in [0.2, 0.25) is 0 Å². The summed E-state index contributed by atoms with van der Waals surface area (Å²) < 4.78 is 6.23. The number of urea groups is 1. The minimum atomic E-state index is -1.72. The highest BCUT2D eigenvalue weighted by molar-refractivity contribution is 6.74. The topological polar surface area (TPSA) is 41.6 Å². The summed E-state index contributed by atoms with van der Waals surface area (Å²) >= 11 is 0. The van der Waals surface area contributed by atoms with Crippen LogP contribution in [0.5, 0.6) is 0 Å². The third-order valence-corrected chi connectivity index (χ3v) is 9.21. The second-order valence-electron chi connectivity index (χ2n) is 7.45. The quantitative estimate of drug-likeness (QED) is 0.848. The van der Waals surface area contributed by atoms with Crippen LogP contribution in [-0.4, -0.2) is 27.4 Å². The van der Waals surface area contributed by atoms with Gasteiger partial charge in [0, 0.05) is 18.8 Å². The average molecular weight is 321 g/mol. The van der Waals surface area contributed by atoms with Crippen molar-refractivity contribution in [1.82, 2.24) is 5.32 Å². The molecule has 1 fully saturated rings. The maximum absolute atomic E-state index is 11.8. The predicted molar refractivity (Wildman–Crippen MR) is 93.8 cm³/mol. The lowest BCUT2D eigenvalue weighted by Crippen LogP contribution is -2.46. The Bertz CT molecular complexity index is 520. The van der Waals surface area contributed by atoms with Gasteiger partial charge in [-0.3, -0.25) is 4.90 Å². The van der Waals surface area contributed by atoms with E-state index < -0.39 is 8.32 Å². The fourth-order valence-electron chi connectivity index (χ4n) is 2.13. The molecular weight excluding hydrogens is 292 g/mol. The molecule has 0 spiro atoms. The number of carbonyl (C=O) groups excluding carboxylic acids is 1. The molecule has 0 radical (unpaired) electrons. The number of nitrogens with zero attached hydrogens (tertiary/aromatic N) is 1. The van der Waals surface area contributed by atoms with Crippen LogP contribution in [0.1, 0.15) is 32.8 Å². The van der Waals surface area contributed by atoms with Crippen LogP contribution in [0.2, 0.25) is 18.1 Å². The minimum absolute atomic E-state index is 0.00322. The molecule has 0 saturated carbocycles. The fraction of sp³-hybridized carbons (Fsp3) is 0.588. The van der Waals surface area contributed by atoms with Crippen LogP contribution >= 0.6 is 0 Å². The van der Waals surface area contributed by atoms with E-state index in [2.05, 4.69) is 51.3 Å². The lowest BCUT2D eigenvalue weighted by Gasteiger charge is -2.36. The van der Waals surface area contributed by atoms with Gasteiger partial charge in [0.1, 0.15) is 0 Å². The molecule has 5 heteroatoms. The molecule has 0 aliphatic carbocycles. The lowest BCUT2D eigenvalue weighted by molar-refractivity contribution is 0.243. The molecule has 22 heavy (non-hydrogen) atoms. The predicted octanol–water partition coefficient (Wildman–Crippen LogP) is 4.13. The van der Waals surface area contributed by atoms with Crippen molar-refractivity contribution in [2.24, 2.45) is 0 Å². The van der Waals surface area contributed by atoms with Gasteiger partial charge in [0.05, 0.1) is 6.61 Å². The van der Waals surface area contributed by atoms with Gasteiger partial charge in [-0.1, -0.05) is 32.9 Å². The first-order chi connectivity index (χ1) is 10.2. The smallest absolute Gasteiger partial charge is 0.321 e. The summed E-state index contributed by atoms with van der Waals surface area (Å²) in [6, 6.07) is 8.13. The number of nitrogens with one attached hydrogen (secondary N) is 1. The van der Waals surface area contributed by atoms with Crippen LogP contribution in [0, 0.1) is 0 Å². The van der Waals surface area contributed by atoms with Crippen molar-refractivity contribution in [2.75, 3.05) is 18.0 Å². The van der Waals surface area contributed by atoms with Gasteiger partial charge < -0.3 is 9.74 Å². The van der Waals surface area contributed by atoms with E-state index in [-0.39, 0.29) is 11.1 Å². The molecular formula is C17H28N2O2Si. The molecule has 0 atom stereocenters. The molecule has 2 rings (SSSR count). The first-order valence-electron chi connectivity index (χ1n) is 7.99. The maximum atomic E-state index is 11.8. The van der Waals surface area contributed by atoms with E-state index in [4.69, 9.17) is 4.43 Å². The highest BCUT2D eigenvalue weighted by Crippen LogP contribution is 2.37. The van der Waals surface area contributed by atoms with Gasteiger partial charge in [0.25, 0.3) is 0 Å². The number of hydrogen-bond donors (Lipinski definition) is 1. The molecule has 1 saturated heterocycles. The number of carbonyl (C=O) groups is 1. The van der Waals surface area contributed by atoms with Crippen molar-refractivity contribution in [3.8, 4) is 0 Å². The number of hydrogen-bond acceptors (Lipinski definition) is 2. The van der Waals surface area contributed by atoms with Gasteiger partial charge >= 0.3 is 6.03 Å². The Morgan fingerprint density at radius 2 is 1.86 bits per heavy atom. The van der Waals surface area contributed by atoms with Gasteiger partial charge in [-0.2, -0.15) is 0 Å². The van der Waals surface area contributed by atoms with Gasteiger partial charge in [-0.15, -0.1) is 0 Å². The summed E-state index contributed by atoms with van der Waals surface area (Å²) in [4.78, 5) is 13.6. The molecule has 0 unspecified atom stereocenters. The largest absolute Gasteiger partial charge is 0.413 e. The minimum Gasteiger partial charge on any atom is -0.413 e. The van der Waals surface area contributed by atoms with Crippen molar-refractivity contribution < 1.29 is 9.22 Å². The van der Waals surface area contributed by atoms with Crippen molar-refractivity contribution in [3.63, 3.8) is 0 Å². The second kappa shape index (κ2) is 6.42. The van der Waals surface area contributed by atoms with E-state index in [9.17, 15) is 4.79 Å². The number of rotatable bonds is 4. The zero-order valence-corrected chi connectivity index (χ0v) is 15.4. The third kappa shape index (κ3) is 3.90. The van der Waals surface area contributed by atoms with Gasteiger partial charge in [0.15, 0.2) is 8.32 Å². The summed E-state index contributed by atoms with van der Waals surface area (Å²) in [7, 11) is -1.72. The van der Waals surface area contributed by atoms with Crippen molar-refractivity contribution in [2.45, 2.75) is 51.9 Å². The Morgan fingerprint density at radius 3 is 2.41 bits per heavy atom. The Balaban J connectivity index is 1.99. The molecule has 1 aliphatic rings. The second-order valence-corrected chi connectivity index (χ2v) is 12.3. The van der Waals surface area contributed by atoms with Crippen LogP contribution in [0.25, 0.3) is 0 Å². The van der Waals surface area contributed by atoms with Crippen molar-refractivity contribution in [1.29, 1.82) is 0 Å². The molecule has 122 valence electrons. The zero-order valence-electron chi connectivity index (χ0n) is 14.4. The van der Waals surface area contributed by atoms with Gasteiger partial charge in [-0.25, -0.2) is 4.79 Å². The molecule has 1 aromatic rings. The summed E-state index contributed by atoms with van der Waals surface area (Å²) in [5, 5.41) is 3.10. The average Bonchev–Trinajstić information content (AvgIpc) is 2.45. The van der Waals surface area contributed by atoms with Crippen LogP contribution < -0.4 is 10.2 Å². The first kappa shape index (κ1) is 17.0. The highest BCUT2D eigenvalue weighted by atomic mass is 28.4. The summed E-state index contributed by atoms with van der Waals surface area (Å²) in [6.45, 7) is 13.5. The van der Waals surface area contributed by atoms with E-state index in [0.717, 1.165) is 30.8 Å². The lowest BCUT2D eigenvalue weighted by atomic mass is 10.2. The van der Waals surface area contributed by atoms with E-state index in [1.807, 2.05) is 12.1 Å². The Morgan fingerprint density at radius 1 is 1.23 bits per heavy atom. The standard InChI is InChI=1S/C17H28N2O2Si/c1-17(2,3)22(4,5)21-13-14-7-9-15(10-8-14)19-12-6-11-18-16(19)20/h7-10H,6,11-13H2,1-5H3,(H,18,20). The molecule has 4 nitrogen and oxygen atoms in total. The Labute approximate surface area is 135 Å². The molecule has 0 bridgehead atoms. The van der Waals surface area contributed by atoms with Crippen molar-refractivity contribution >= 4 is 20.0 Å². The molecule has 1 N–H and O–H groups in total. The molecule has 1 heterocycles. The summed E-state index contributed by atoms with van der Waals surface area (Å²) in [5.74, 6) is 0. The van der Waals surface area contributed by atoms with E-state index in [1.54, 1.807) is 4.90 Å². The van der Waals surface area contributed by atoms with Crippen molar-refractivity contribution in [3.05, 3.63) is 29.8 Å². The monoisotopic (exact) mass is 320 g/mol. The zero-order chi connectivity index (χ0) is 16.4. The number of amides is 2. The van der Waals surface area contributed by atoms with Crippen LogP contribution in [0.3, 0.4) is 0 Å². The molecule has 0 aromatic heterocycles. The molecule has 1 aromatic carbocycles. The Hall–Kier alpha value is -1.33. The SMILES string of the molecule is CC(C)(C)[Si](C)(C)OCc1ccc(N2CCCNC2=O)cc1. The maximum Gasteiger partial charge on any atom is 0.321 e. The van der Waals surface area contributed by atoms with Gasteiger partial charge in [-0.05, 0) is 42.2 Å². The summed E-state index contributed by atoms with van der Waals surface area (Å²) in [6.07, 6.45) is 0.988. The highest BCUT2D eigenvalue weighted by Gasteiger charge is 2.37. The van der Waals surface area contributed by atoms with Crippen LogP contribution in [-0.2, 0) is 11.0 Å². The number of anilines is 1. The van der Waals surface area contributed by atoms with E-state index in [1.165, 1.54) is 0 Å².